The van der Waals surface area contributed by atoms with Crippen molar-refractivity contribution in [2.75, 3.05) is 23.5 Å². The van der Waals surface area contributed by atoms with Crippen molar-refractivity contribution < 1.29 is 0 Å². The van der Waals surface area contributed by atoms with Gasteiger partial charge in [-0.2, -0.15) is 11.8 Å². The molecule has 0 amide bonds. The molecule has 1 aromatic carbocycles. The van der Waals surface area contributed by atoms with Gasteiger partial charge in [0.25, 0.3) is 0 Å². The van der Waals surface area contributed by atoms with Crippen molar-refractivity contribution in [3.63, 3.8) is 0 Å². The lowest BCUT2D eigenvalue weighted by Crippen LogP contribution is -2.31. The molecule has 17 heavy (non-hydrogen) atoms. The average molecular weight is 249 g/mol. The zero-order valence-corrected chi connectivity index (χ0v) is 11.4. The fourth-order valence-corrected chi connectivity index (χ4v) is 2.52. The van der Waals surface area contributed by atoms with Gasteiger partial charge in [0.05, 0.1) is 11.0 Å². The summed E-state index contributed by atoms with van der Waals surface area (Å²) in [5.74, 6) is 3.25. The molecule has 1 atom stereocenters. The molecule has 0 spiro atoms. The van der Waals surface area contributed by atoms with Gasteiger partial charge in [-0.05, 0) is 24.8 Å². The summed E-state index contributed by atoms with van der Waals surface area (Å²) in [6.45, 7) is 4.43. The lowest BCUT2D eigenvalue weighted by Gasteiger charge is -2.23. The smallest absolute Gasteiger partial charge is 0.203 e. The van der Waals surface area contributed by atoms with Gasteiger partial charge in [0, 0.05) is 18.8 Å². The number of benzene rings is 1. The van der Waals surface area contributed by atoms with E-state index in [0.29, 0.717) is 6.04 Å². The molecule has 92 valence electrons. The molecule has 0 radical (unpaired) electrons. The maximum atomic E-state index is 4.60. The number of fused-ring (bicyclic) bond motifs is 1. The van der Waals surface area contributed by atoms with Crippen LogP contribution in [0.2, 0.25) is 0 Å². The molecule has 0 bridgehead atoms. The van der Waals surface area contributed by atoms with Crippen molar-refractivity contribution in [3.05, 3.63) is 24.3 Å². The number of hydrogen-bond acceptors (Lipinski definition) is 3. The van der Waals surface area contributed by atoms with Crippen LogP contribution in [0.3, 0.4) is 0 Å². The minimum absolute atomic E-state index is 0.487. The number of nitrogens with zero attached hydrogens (tertiary/aromatic N) is 2. The van der Waals surface area contributed by atoms with Crippen molar-refractivity contribution in [2.24, 2.45) is 0 Å². The quantitative estimate of drug-likeness (QED) is 0.883. The molecule has 1 aromatic heterocycles. The van der Waals surface area contributed by atoms with E-state index in [1.807, 2.05) is 30.0 Å². The van der Waals surface area contributed by atoms with Crippen LogP contribution in [0.25, 0.3) is 11.0 Å². The predicted molar refractivity (Wildman–Crippen MR) is 77.0 cm³/mol. The maximum absolute atomic E-state index is 4.60. The molecule has 3 nitrogen and oxygen atoms in total. The third-order valence-corrected chi connectivity index (χ3v) is 4.06. The summed E-state index contributed by atoms with van der Waals surface area (Å²) in [4.78, 5) is 10.2. The van der Waals surface area contributed by atoms with Crippen LogP contribution in [-0.2, 0) is 0 Å². The van der Waals surface area contributed by atoms with E-state index in [-0.39, 0.29) is 0 Å². The van der Waals surface area contributed by atoms with Gasteiger partial charge in [0.2, 0.25) is 5.95 Å². The normalized spacial score (nSPS) is 12.9. The van der Waals surface area contributed by atoms with Crippen molar-refractivity contribution in [2.45, 2.75) is 19.9 Å². The van der Waals surface area contributed by atoms with Crippen molar-refractivity contribution in [1.29, 1.82) is 0 Å². The number of nitrogens with one attached hydrogen (secondary N) is 1. The zero-order valence-electron chi connectivity index (χ0n) is 10.6. The number of H-pyrrole nitrogens is 1. The van der Waals surface area contributed by atoms with Crippen LogP contribution < -0.4 is 4.90 Å². The minimum Gasteiger partial charge on any atom is -0.342 e. The van der Waals surface area contributed by atoms with Crippen LogP contribution in [0.1, 0.15) is 13.8 Å². The third-order valence-electron chi connectivity index (χ3n) is 2.94. The molecular weight excluding hydrogens is 230 g/mol. The highest BCUT2D eigenvalue weighted by Gasteiger charge is 2.13. The Kier molecular flexibility index (Phi) is 3.94. The fourth-order valence-electron chi connectivity index (χ4n) is 1.72. The highest BCUT2D eigenvalue weighted by atomic mass is 32.2. The van der Waals surface area contributed by atoms with E-state index in [0.717, 1.165) is 28.5 Å². The number of hydrogen-bond donors (Lipinski definition) is 1. The number of anilines is 1. The standard InChI is InChI=1S/C13H19N3S/c1-4-17-9-10(2)16(3)13-14-11-7-5-6-8-12(11)15-13/h5-8,10H,4,9H2,1-3H3,(H,14,15). The number of aromatic amines is 1. The van der Waals surface area contributed by atoms with Crippen molar-refractivity contribution >= 4 is 28.7 Å². The second-order valence-corrected chi connectivity index (χ2v) is 5.52. The van der Waals surface area contributed by atoms with Gasteiger partial charge in [-0.15, -0.1) is 0 Å². The second-order valence-electron chi connectivity index (χ2n) is 4.20. The highest BCUT2D eigenvalue weighted by Crippen LogP contribution is 2.18. The topological polar surface area (TPSA) is 31.9 Å². The lowest BCUT2D eigenvalue weighted by atomic mass is 10.3. The zero-order chi connectivity index (χ0) is 12.3. The van der Waals surface area contributed by atoms with E-state index in [2.05, 4.69) is 41.8 Å². The predicted octanol–water partition coefficient (Wildman–Crippen LogP) is 3.14. The molecule has 0 aliphatic heterocycles. The first kappa shape index (κ1) is 12.3. The first-order valence-electron chi connectivity index (χ1n) is 5.97. The Hall–Kier alpha value is -1.16. The molecule has 1 unspecified atom stereocenters. The Labute approximate surface area is 107 Å². The molecule has 0 aliphatic carbocycles. The SMILES string of the molecule is CCSCC(C)N(C)c1nc2ccccc2[nH]1. The van der Waals surface area contributed by atoms with Crippen LogP contribution in [0.5, 0.6) is 0 Å². The van der Waals surface area contributed by atoms with Crippen LogP contribution in [-0.4, -0.2) is 34.6 Å². The molecule has 0 saturated carbocycles. The Morgan fingerprint density at radius 3 is 2.88 bits per heavy atom. The Bertz CT molecular complexity index is 447. The Morgan fingerprint density at radius 1 is 1.41 bits per heavy atom. The van der Waals surface area contributed by atoms with E-state index in [9.17, 15) is 0 Å². The Balaban J connectivity index is 2.15. The van der Waals surface area contributed by atoms with Crippen molar-refractivity contribution in [3.8, 4) is 0 Å². The molecule has 2 aromatic rings. The maximum Gasteiger partial charge on any atom is 0.203 e. The highest BCUT2D eigenvalue weighted by molar-refractivity contribution is 7.99. The van der Waals surface area contributed by atoms with Gasteiger partial charge in [-0.3, -0.25) is 0 Å². The number of rotatable bonds is 5. The summed E-state index contributed by atoms with van der Waals surface area (Å²) in [5, 5.41) is 0. The average Bonchev–Trinajstić information content (AvgIpc) is 2.78. The molecule has 1 N–H and O–H groups in total. The van der Waals surface area contributed by atoms with Gasteiger partial charge < -0.3 is 9.88 Å². The summed E-state index contributed by atoms with van der Waals surface area (Å²) in [6, 6.07) is 8.63. The summed E-state index contributed by atoms with van der Waals surface area (Å²) in [7, 11) is 2.10. The van der Waals surface area contributed by atoms with Crippen LogP contribution in [0.15, 0.2) is 24.3 Å². The number of imidazole rings is 1. The third kappa shape index (κ3) is 2.75. The summed E-state index contributed by atoms with van der Waals surface area (Å²) < 4.78 is 0. The van der Waals surface area contributed by atoms with E-state index in [1.165, 1.54) is 0 Å². The first-order chi connectivity index (χ1) is 8.22. The van der Waals surface area contributed by atoms with Gasteiger partial charge in [-0.25, -0.2) is 4.98 Å². The van der Waals surface area contributed by atoms with E-state index in [4.69, 9.17) is 0 Å². The molecule has 0 fully saturated rings. The largest absolute Gasteiger partial charge is 0.342 e. The van der Waals surface area contributed by atoms with Gasteiger partial charge in [-0.1, -0.05) is 19.1 Å². The second kappa shape index (κ2) is 5.45. The molecule has 1 heterocycles. The number of thioether (sulfide) groups is 1. The lowest BCUT2D eigenvalue weighted by molar-refractivity contribution is 0.745. The summed E-state index contributed by atoms with van der Waals surface area (Å²) >= 11 is 1.96. The van der Waals surface area contributed by atoms with Crippen LogP contribution >= 0.6 is 11.8 Å². The van der Waals surface area contributed by atoms with Gasteiger partial charge in [0.1, 0.15) is 0 Å². The first-order valence-corrected chi connectivity index (χ1v) is 7.13. The van der Waals surface area contributed by atoms with Crippen LogP contribution in [0.4, 0.5) is 5.95 Å². The molecule has 0 aliphatic rings. The van der Waals surface area contributed by atoms with Crippen LogP contribution in [0, 0.1) is 0 Å². The molecule has 4 heteroatoms. The summed E-state index contributed by atoms with van der Waals surface area (Å²) in [5.41, 5.74) is 2.13. The fraction of sp³-hybridized carbons (Fsp3) is 0.462. The van der Waals surface area contributed by atoms with Crippen molar-refractivity contribution in [1.82, 2.24) is 9.97 Å². The van der Waals surface area contributed by atoms with E-state index >= 15 is 0 Å². The number of aromatic nitrogens is 2. The summed E-state index contributed by atoms with van der Waals surface area (Å²) in [6.07, 6.45) is 0. The van der Waals surface area contributed by atoms with Gasteiger partial charge in [0.15, 0.2) is 0 Å². The van der Waals surface area contributed by atoms with E-state index in [1.54, 1.807) is 0 Å². The Morgan fingerprint density at radius 2 is 2.18 bits per heavy atom. The minimum atomic E-state index is 0.487. The molecule has 2 rings (SSSR count). The number of para-hydroxylation sites is 2. The van der Waals surface area contributed by atoms with E-state index < -0.39 is 0 Å². The van der Waals surface area contributed by atoms with Gasteiger partial charge >= 0.3 is 0 Å². The monoisotopic (exact) mass is 249 g/mol. The molecular formula is C13H19N3S. The molecule has 0 saturated heterocycles.